The Kier molecular flexibility index (Phi) is 1.82. The molecule has 0 bridgehead atoms. The molecule has 0 fully saturated rings. The van der Waals surface area contributed by atoms with Crippen LogP contribution in [-0.2, 0) is 0 Å². The monoisotopic (exact) mass is 66.0 g/mol. The van der Waals surface area contributed by atoms with Crippen molar-refractivity contribution in [2.45, 2.75) is 0 Å². The number of rotatable bonds is 1. The standard InChI is InChI=1S/C3H4BN/c1-2-3-5-4/h1,4H,3H2/i3D. The Labute approximate surface area is 33.9 Å². The fourth-order valence-electron chi connectivity index (χ4n) is 0.0527. The first kappa shape index (κ1) is 2.65. The Morgan fingerprint density at radius 2 is 3.00 bits per heavy atom. The zero-order chi connectivity index (χ0) is 4.99. The van der Waals surface area contributed by atoms with Gasteiger partial charge in [-0.2, -0.15) is 0 Å². The normalized spacial score (nSPS) is 14.4. The van der Waals surface area contributed by atoms with Crippen LogP contribution in [-0.4, -0.2) is 14.2 Å². The second-order valence-corrected chi connectivity index (χ2v) is 0.478. The summed E-state index contributed by atoms with van der Waals surface area (Å²) in [4.78, 5) is 3.19. The van der Waals surface area contributed by atoms with Gasteiger partial charge in [-0.25, -0.2) is 0 Å². The van der Waals surface area contributed by atoms with E-state index in [0.29, 0.717) is 0 Å². The summed E-state index contributed by atoms with van der Waals surface area (Å²) in [5.41, 5.74) is 0. The molecule has 0 aliphatic carbocycles. The average molecular weight is 65.9 g/mol. The molecule has 5 heavy (non-hydrogen) atoms. The summed E-state index contributed by atoms with van der Waals surface area (Å²) >= 11 is 0. The van der Waals surface area contributed by atoms with Gasteiger partial charge in [0.1, 0.15) is 0 Å². The second kappa shape index (κ2) is 3.42. The van der Waals surface area contributed by atoms with Crippen LogP contribution in [0.15, 0.2) is 4.90 Å². The number of terminal acetylenes is 1. The van der Waals surface area contributed by atoms with Gasteiger partial charge in [-0.3, -0.25) is 0 Å². The minimum atomic E-state index is -0.773. The summed E-state index contributed by atoms with van der Waals surface area (Å²) in [5, 5.41) is 0. The molecule has 1 atom stereocenters. The van der Waals surface area contributed by atoms with Gasteiger partial charge in [0.15, 0.2) is 0 Å². The van der Waals surface area contributed by atoms with Crippen molar-refractivity contribution in [2.24, 2.45) is 4.90 Å². The van der Waals surface area contributed by atoms with E-state index in [0.717, 1.165) is 0 Å². The molecular weight excluding hydrogens is 60.9 g/mol. The van der Waals surface area contributed by atoms with Crippen molar-refractivity contribution in [1.82, 2.24) is 0 Å². The molecule has 1 nitrogen and oxygen atoms in total. The third-order valence-electron chi connectivity index (χ3n) is 0.166. The van der Waals surface area contributed by atoms with E-state index < -0.39 is 6.52 Å². The summed E-state index contributed by atoms with van der Waals surface area (Å²) in [6, 6.07) is 0. The Balaban J connectivity index is 3.30. The SMILES string of the molecule is [2H]C(C#C)N=B. The van der Waals surface area contributed by atoms with Gasteiger partial charge in [0.2, 0.25) is 0 Å². The third-order valence-corrected chi connectivity index (χ3v) is 0.166. The number of hydrogen-bond acceptors (Lipinski definition) is 1. The van der Waals surface area contributed by atoms with Gasteiger partial charge in [-0.15, -0.1) is 0 Å². The van der Waals surface area contributed by atoms with Crippen LogP contribution >= 0.6 is 0 Å². The first-order chi connectivity index (χ1) is 2.81. The van der Waals surface area contributed by atoms with Crippen LogP contribution in [0, 0.1) is 12.3 Å². The summed E-state index contributed by atoms with van der Waals surface area (Å²) < 4.78 is 6.60. The van der Waals surface area contributed by atoms with Gasteiger partial charge in [0, 0.05) is 0 Å². The van der Waals surface area contributed by atoms with E-state index in [2.05, 4.69) is 18.5 Å². The van der Waals surface area contributed by atoms with E-state index in [1.165, 1.54) is 0 Å². The van der Waals surface area contributed by atoms with Crippen molar-refractivity contribution in [3.63, 3.8) is 0 Å². The van der Waals surface area contributed by atoms with E-state index in [4.69, 9.17) is 7.79 Å². The zero-order valence-corrected chi connectivity index (χ0v) is 2.81. The molecule has 0 aliphatic heterocycles. The van der Waals surface area contributed by atoms with Crippen molar-refractivity contribution < 1.29 is 1.37 Å². The van der Waals surface area contributed by atoms with Crippen molar-refractivity contribution in [3.8, 4) is 12.3 Å². The van der Waals surface area contributed by atoms with E-state index >= 15 is 0 Å². The van der Waals surface area contributed by atoms with Crippen LogP contribution in [0.2, 0.25) is 0 Å². The molecular formula is C3H4BN. The maximum absolute atomic E-state index is 6.60. The Morgan fingerprint density at radius 1 is 2.40 bits per heavy atom. The van der Waals surface area contributed by atoms with Gasteiger partial charge in [-0.05, 0) is 0 Å². The van der Waals surface area contributed by atoms with Gasteiger partial charge < -0.3 is 0 Å². The van der Waals surface area contributed by atoms with Crippen LogP contribution < -0.4 is 0 Å². The van der Waals surface area contributed by atoms with Crippen molar-refractivity contribution in [3.05, 3.63) is 0 Å². The van der Waals surface area contributed by atoms with Crippen LogP contribution in [0.25, 0.3) is 0 Å². The molecule has 0 spiro atoms. The van der Waals surface area contributed by atoms with Crippen molar-refractivity contribution >= 4 is 7.64 Å². The molecule has 0 saturated heterocycles. The second-order valence-electron chi connectivity index (χ2n) is 0.478. The molecule has 0 heterocycles. The molecule has 1 unspecified atom stereocenters. The molecule has 2 heteroatoms. The molecule has 0 aromatic rings. The first-order valence-electron chi connectivity index (χ1n) is 1.73. The molecule has 24 valence electrons. The maximum atomic E-state index is 6.60. The van der Waals surface area contributed by atoms with Gasteiger partial charge in [0.25, 0.3) is 0 Å². The van der Waals surface area contributed by atoms with E-state index in [-0.39, 0.29) is 0 Å². The molecule has 0 saturated carbocycles. The number of hydrogen-bond donors (Lipinski definition) is 0. The molecule has 0 aromatic heterocycles. The molecule has 0 radical (unpaired) electrons. The summed E-state index contributed by atoms with van der Waals surface area (Å²) in [7, 11) is 3.05. The van der Waals surface area contributed by atoms with E-state index in [9.17, 15) is 0 Å². The molecule has 0 N–H and O–H groups in total. The van der Waals surface area contributed by atoms with Gasteiger partial charge >= 0.3 is 32.8 Å². The molecule has 0 rings (SSSR count). The first-order valence-corrected chi connectivity index (χ1v) is 1.15. The summed E-state index contributed by atoms with van der Waals surface area (Å²) in [6.07, 6.45) is 4.71. The molecule has 0 amide bonds. The Bertz CT molecular complexity index is 85.3. The minimum absolute atomic E-state index is 0.773. The van der Waals surface area contributed by atoms with Crippen LogP contribution in [0.4, 0.5) is 0 Å². The fourth-order valence-corrected chi connectivity index (χ4v) is 0.0527. The predicted molar refractivity (Wildman–Crippen MR) is 23.3 cm³/mol. The Hall–Kier alpha value is -0.575. The van der Waals surface area contributed by atoms with Gasteiger partial charge in [0.05, 0.1) is 0 Å². The average Bonchev–Trinajstić information content (AvgIpc) is 1.65. The van der Waals surface area contributed by atoms with Crippen molar-refractivity contribution in [1.29, 1.82) is 0 Å². The number of nitrogens with zero attached hydrogens (tertiary/aromatic N) is 1. The topological polar surface area (TPSA) is 12.4 Å². The third kappa shape index (κ3) is 3.42. The van der Waals surface area contributed by atoms with Crippen LogP contribution in [0.5, 0.6) is 0 Å². The predicted octanol–water partition coefficient (Wildman–Crippen LogP) is -0.296. The zero-order valence-electron chi connectivity index (χ0n) is 3.81. The van der Waals surface area contributed by atoms with Crippen LogP contribution in [0.3, 0.4) is 0 Å². The van der Waals surface area contributed by atoms with Crippen LogP contribution in [0.1, 0.15) is 1.37 Å². The summed E-state index contributed by atoms with van der Waals surface area (Å²) in [5.74, 6) is 2.05. The quantitative estimate of drug-likeness (QED) is 0.294. The molecule has 0 aromatic carbocycles. The van der Waals surface area contributed by atoms with E-state index in [1.54, 1.807) is 0 Å². The Morgan fingerprint density at radius 3 is 3.00 bits per heavy atom. The fraction of sp³-hybridized carbons (Fsp3) is 0.333. The van der Waals surface area contributed by atoms with Crippen molar-refractivity contribution in [2.75, 3.05) is 6.52 Å². The molecule has 0 aliphatic rings. The summed E-state index contributed by atoms with van der Waals surface area (Å²) in [6.45, 7) is -0.773. The van der Waals surface area contributed by atoms with Gasteiger partial charge in [-0.1, -0.05) is 0 Å². The van der Waals surface area contributed by atoms with E-state index in [1.807, 2.05) is 0 Å².